The van der Waals surface area contributed by atoms with Crippen LogP contribution in [-0.2, 0) is 9.59 Å². The maximum atomic E-state index is 13.4. The van der Waals surface area contributed by atoms with Crippen LogP contribution in [0.1, 0.15) is 34.6 Å². The minimum absolute atomic E-state index is 0.166. The van der Waals surface area contributed by atoms with Gasteiger partial charge < -0.3 is 0 Å². The van der Waals surface area contributed by atoms with Crippen molar-refractivity contribution in [1.82, 2.24) is 0 Å². The molecule has 2 amide bonds. The van der Waals surface area contributed by atoms with Gasteiger partial charge in [0.1, 0.15) is 0 Å². The van der Waals surface area contributed by atoms with Crippen molar-refractivity contribution >= 4 is 17.5 Å². The van der Waals surface area contributed by atoms with Crippen molar-refractivity contribution < 1.29 is 9.59 Å². The summed E-state index contributed by atoms with van der Waals surface area (Å²) < 4.78 is 0. The summed E-state index contributed by atoms with van der Waals surface area (Å²) in [7, 11) is 0. The van der Waals surface area contributed by atoms with E-state index in [2.05, 4.69) is 6.07 Å². The Labute approximate surface area is 148 Å². The second kappa shape index (κ2) is 4.40. The van der Waals surface area contributed by atoms with Crippen molar-refractivity contribution in [2.45, 2.75) is 34.6 Å². The Balaban J connectivity index is 1.96. The van der Waals surface area contributed by atoms with Gasteiger partial charge in [0.2, 0.25) is 11.8 Å². The molecule has 2 aliphatic carbocycles. The van der Waals surface area contributed by atoms with Gasteiger partial charge in [-0.25, -0.2) is 4.90 Å². The number of fused-ring (bicyclic) bond motifs is 5. The molecule has 1 saturated carbocycles. The first-order chi connectivity index (χ1) is 11.7. The third kappa shape index (κ3) is 1.34. The van der Waals surface area contributed by atoms with Crippen LogP contribution in [0.5, 0.6) is 0 Å². The number of hydrogen-bond donors (Lipinski definition) is 0. The van der Waals surface area contributed by atoms with Gasteiger partial charge in [0.05, 0.1) is 29.0 Å². The first-order valence-corrected chi connectivity index (χ1v) is 8.70. The van der Waals surface area contributed by atoms with Crippen LogP contribution in [-0.4, -0.2) is 11.8 Å². The fraction of sp³-hybridized carbons (Fsp3) is 0.476. The Hall–Kier alpha value is -2.41. The summed E-state index contributed by atoms with van der Waals surface area (Å²) in [6.45, 7) is 9.98. The van der Waals surface area contributed by atoms with E-state index in [0.29, 0.717) is 5.69 Å². The number of nitrogens with zero attached hydrogens (tertiary/aromatic N) is 2. The van der Waals surface area contributed by atoms with Crippen LogP contribution in [0.2, 0.25) is 0 Å². The van der Waals surface area contributed by atoms with Crippen LogP contribution in [0, 0.1) is 39.4 Å². The molecule has 2 bridgehead atoms. The van der Waals surface area contributed by atoms with Gasteiger partial charge in [-0.15, -0.1) is 0 Å². The largest absolute Gasteiger partial charge is 0.274 e. The molecule has 1 heterocycles. The lowest BCUT2D eigenvalue weighted by Gasteiger charge is -2.40. The molecule has 0 radical (unpaired) electrons. The summed E-state index contributed by atoms with van der Waals surface area (Å²) in [6, 6.07) is 11.6. The summed E-state index contributed by atoms with van der Waals surface area (Å²) in [5.41, 5.74) is 0.792. The molecule has 1 aromatic rings. The molecule has 1 aromatic carbocycles. The van der Waals surface area contributed by atoms with Gasteiger partial charge in [-0.3, -0.25) is 9.59 Å². The quantitative estimate of drug-likeness (QED) is 0.581. The number of benzene rings is 1. The minimum atomic E-state index is -0.766. The molecular weight excluding hydrogens is 312 g/mol. The number of amides is 2. The molecule has 1 aliphatic heterocycles. The number of hydrogen-bond acceptors (Lipinski definition) is 3. The average Bonchev–Trinajstić information content (AvgIpc) is 3.01. The van der Waals surface area contributed by atoms with Gasteiger partial charge in [-0.2, -0.15) is 5.26 Å². The number of anilines is 1. The third-order valence-corrected chi connectivity index (χ3v) is 7.99. The normalized spacial score (nSPS) is 42.2. The van der Waals surface area contributed by atoms with Crippen LogP contribution < -0.4 is 4.90 Å². The number of rotatable bonds is 1. The lowest BCUT2D eigenvalue weighted by Crippen LogP contribution is -2.45. The van der Waals surface area contributed by atoms with E-state index in [1.54, 1.807) is 12.1 Å². The first-order valence-electron chi connectivity index (χ1n) is 8.70. The highest BCUT2D eigenvalue weighted by Crippen LogP contribution is 2.79. The number of carbonyl (C=O) groups excluding carboxylic acids is 2. The number of nitriles is 1. The van der Waals surface area contributed by atoms with E-state index >= 15 is 0 Å². The van der Waals surface area contributed by atoms with E-state index in [1.807, 2.05) is 52.8 Å². The van der Waals surface area contributed by atoms with Crippen molar-refractivity contribution in [2.75, 3.05) is 4.90 Å². The monoisotopic (exact) mass is 334 g/mol. The summed E-state index contributed by atoms with van der Waals surface area (Å²) in [6.07, 6.45) is 0. The second-order valence-electron chi connectivity index (χ2n) is 8.19. The Morgan fingerprint density at radius 2 is 1.36 bits per heavy atom. The molecule has 4 nitrogen and oxygen atoms in total. The standard InChI is InChI=1S/C21H22N2O2/c1-12-13(2)21(5)16-15(20(12,4)19(21,3)11-22)17(24)23(18(16)25)14-9-7-6-8-10-14/h6-10,15-16H,1-5H3/t15-,16+,19?,20+,21-. The molecule has 1 unspecified atom stereocenters. The van der Waals surface area contributed by atoms with Gasteiger partial charge in [-0.1, -0.05) is 43.2 Å². The van der Waals surface area contributed by atoms with Crippen molar-refractivity contribution in [3.8, 4) is 6.07 Å². The highest BCUT2D eigenvalue weighted by Gasteiger charge is 2.82. The van der Waals surface area contributed by atoms with Crippen molar-refractivity contribution in [3.63, 3.8) is 0 Å². The third-order valence-electron chi connectivity index (χ3n) is 7.99. The highest BCUT2D eigenvalue weighted by atomic mass is 16.2. The van der Waals surface area contributed by atoms with Crippen molar-refractivity contribution in [1.29, 1.82) is 5.26 Å². The summed E-state index contributed by atoms with van der Waals surface area (Å²) in [5, 5.41) is 10.1. The predicted octanol–water partition coefficient (Wildman–Crippen LogP) is 3.70. The van der Waals surface area contributed by atoms with Gasteiger partial charge in [-0.05, 0) is 32.9 Å². The van der Waals surface area contributed by atoms with E-state index in [4.69, 9.17) is 0 Å². The smallest absolute Gasteiger partial charge is 0.238 e. The lowest BCUT2D eigenvalue weighted by atomic mass is 9.60. The van der Waals surface area contributed by atoms with E-state index < -0.39 is 28.1 Å². The zero-order chi connectivity index (χ0) is 18.4. The molecular formula is C21H22N2O2. The van der Waals surface area contributed by atoms with E-state index in [1.165, 1.54) is 4.90 Å². The minimum Gasteiger partial charge on any atom is -0.274 e. The molecule has 5 atom stereocenters. The predicted molar refractivity (Wildman–Crippen MR) is 94.2 cm³/mol. The van der Waals surface area contributed by atoms with Crippen LogP contribution in [0.4, 0.5) is 5.69 Å². The van der Waals surface area contributed by atoms with Gasteiger partial charge in [0.25, 0.3) is 0 Å². The molecule has 25 heavy (non-hydrogen) atoms. The highest BCUT2D eigenvalue weighted by molar-refractivity contribution is 6.23. The van der Waals surface area contributed by atoms with Crippen LogP contribution in [0.3, 0.4) is 0 Å². The number of imide groups is 1. The summed E-state index contributed by atoms with van der Waals surface area (Å²) in [4.78, 5) is 28.1. The average molecular weight is 334 g/mol. The molecule has 4 rings (SSSR count). The molecule has 3 aliphatic rings. The Morgan fingerprint density at radius 3 is 1.76 bits per heavy atom. The fourth-order valence-electron chi connectivity index (χ4n) is 6.05. The number of allylic oxidation sites excluding steroid dienone is 2. The number of para-hydroxylation sites is 1. The molecule has 2 fully saturated rings. The zero-order valence-electron chi connectivity index (χ0n) is 15.3. The van der Waals surface area contributed by atoms with Crippen LogP contribution >= 0.6 is 0 Å². The SMILES string of the molecule is CC1=C(C)[C@]2(C)[C@@H]3C(=O)N(c4ccccc4)C(=O)[C@@H]3[C@@]1(C)C2(C)C#N. The summed E-state index contributed by atoms with van der Waals surface area (Å²) in [5.74, 6) is -1.28. The van der Waals surface area contributed by atoms with Crippen LogP contribution in [0.25, 0.3) is 0 Å². The van der Waals surface area contributed by atoms with E-state index in [9.17, 15) is 14.9 Å². The first kappa shape index (κ1) is 16.1. The molecule has 0 aromatic heterocycles. The fourth-order valence-corrected chi connectivity index (χ4v) is 6.05. The maximum Gasteiger partial charge on any atom is 0.238 e. The second-order valence-corrected chi connectivity index (χ2v) is 8.19. The van der Waals surface area contributed by atoms with Crippen molar-refractivity contribution in [2.24, 2.45) is 28.1 Å². The Bertz CT molecular complexity index is 850. The molecule has 128 valence electrons. The summed E-state index contributed by atoms with van der Waals surface area (Å²) >= 11 is 0. The Kier molecular flexibility index (Phi) is 2.83. The molecule has 4 heteroatoms. The van der Waals surface area contributed by atoms with E-state index in [0.717, 1.165) is 11.1 Å². The van der Waals surface area contributed by atoms with Crippen molar-refractivity contribution in [3.05, 3.63) is 41.5 Å². The van der Waals surface area contributed by atoms with E-state index in [-0.39, 0.29) is 11.8 Å². The van der Waals surface area contributed by atoms with Crippen LogP contribution in [0.15, 0.2) is 41.5 Å². The van der Waals surface area contributed by atoms with Gasteiger partial charge in [0.15, 0.2) is 0 Å². The topological polar surface area (TPSA) is 61.2 Å². The van der Waals surface area contributed by atoms with Gasteiger partial charge in [0, 0.05) is 10.8 Å². The molecule has 0 N–H and O–H groups in total. The lowest BCUT2D eigenvalue weighted by molar-refractivity contribution is -0.125. The van der Waals surface area contributed by atoms with Gasteiger partial charge >= 0.3 is 0 Å². The number of carbonyl (C=O) groups is 2. The zero-order valence-corrected chi connectivity index (χ0v) is 15.3. The molecule has 1 saturated heterocycles. The maximum absolute atomic E-state index is 13.4. The Morgan fingerprint density at radius 1 is 0.920 bits per heavy atom. The molecule has 0 spiro atoms.